The van der Waals surface area contributed by atoms with E-state index < -0.39 is 0 Å². The van der Waals surface area contributed by atoms with E-state index in [0.717, 1.165) is 33.1 Å². The Morgan fingerprint density at radius 1 is 1.24 bits per heavy atom. The van der Waals surface area contributed by atoms with Gasteiger partial charge >= 0.3 is 0 Å². The van der Waals surface area contributed by atoms with Crippen molar-refractivity contribution in [1.82, 2.24) is 9.97 Å². The minimum absolute atomic E-state index is 0.00521. The first-order chi connectivity index (χ1) is 10.2. The lowest BCUT2D eigenvalue weighted by Gasteiger charge is -2.09. The minimum atomic E-state index is -0.00521. The van der Waals surface area contributed by atoms with Crippen LogP contribution in [0.2, 0.25) is 0 Å². The Morgan fingerprint density at radius 3 is 2.95 bits per heavy atom. The summed E-state index contributed by atoms with van der Waals surface area (Å²) in [5.41, 5.74) is 2.15. The van der Waals surface area contributed by atoms with Gasteiger partial charge in [-0.25, -0.2) is 4.98 Å². The molecule has 21 heavy (non-hydrogen) atoms. The maximum Gasteiger partial charge on any atom is 0.260 e. The predicted octanol–water partition coefficient (Wildman–Crippen LogP) is 4.29. The van der Waals surface area contributed by atoms with Gasteiger partial charge in [0.1, 0.15) is 10.7 Å². The van der Waals surface area contributed by atoms with Crippen molar-refractivity contribution in [2.24, 2.45) is 0 Å². The van der Waals surface area contributed by atoms with Gasteiger partial charge in [0.15, 0.2) is 0 Å². The molecule has 0 fully saturated rings. The van der Waals surface area contributed by atoms with Crippen LogP contribution in [0.5, 0.6) is 0 Å². The summed E-state index contributed by atoms with van der Waals surface area (Å²) >= 11 is 5.14. The van der Waals surface area contributed by atoms with Gasteiger partial charge in [0.25, 0.3) is 5.56 Å². The average molecular weight is 361 g/mol. The van der Waals surface area contributed by atoms with Crippen molar-refractivity contribution in [2.45, 2.75) is 25.7 Å². The lowest BCUT2D eigenvalue weighted by Crippen LogP contribution is -2.11. The van der Waals surface area contributed by atoms with Crippen LogP contribution in [0.1, 0.15) is 23.3 Å². The number of H-pyrrole nitrogens is 1. The Kier molecular flexibility index (Phi) is 3.19. The average Bonchev–Trinajstić information content (AvgIpc) is 2.86. The minimum Gasteiger partial charge on any atom is -0.306 e. The number of nitrogens with one attached hydrogen (secondary N) is 1. The third-order valence-corrected chi connectivity index (χ3v) is 5.60. The van der Waals surface area contributed by atoms with Gasteiger partial charge in [-0.3, -0.25) is 4.79 Å². The number of nitrogens with zero attached hydrogens (tertiary/aromatic N) is 1. The smallest absolute Gasteiger partial charge is 0.260 e. The highest BCUT2D eigenvalue weighted by atomic mass is 79.9. The molecular formula is C16H13BrN2OS. The highest BCUT2D eigenvalue weighted by Crippen LogP contribution is 2.34. The summed E-state index contributed by atoms with van der Waals surface area (Å²) in [4.78, 5) is 22.4. The van der Waals surface area contributed by atoms with Gasteiger partial charge in [-0.2, -0.15) is 0 Å². The van der Waals surface area contributed by atoms with Gasteiger partial charge < -0.3 is 4.98 Å². The van der Waals surface area contributed by atoms with E-state index in [2.05, 4.69) is 20.9 Å². The van der Waals surface area contributed by atoms with Gasteiger partial charge in [-0.15, -0.1) is 11.3 Å². The number of fused-ring (bicyclic) bond motifs is 3. The fraction of sp³-hybridized carbons (Fsp3) is 0.250. The fourth-order valence-electron chi connectivity index (χ4n) is 2.94. The van der Waals surface area contributed by atoms with E-state index in [9.17, 15) is 4.79 Å². The largest absolute Gasteiger partial charge is 0.306 e. The molecule has 4 rings (SSSR count). The number of aryl methyl sites for hydroxylation is 2. The highest BCUT2D eigenvalue weighted by molar-refractivity contribution is 9.10. The first-order valence-electron chi connectivity index (χ1n) is 7.03. The number of thiophene rings is 1. The normalized spacial score (nSPS) is 14.3. The molecule has 0 bridgehead atoms. The maximum absolute atomic E-state index is 12.5. The van der Waals surface area contributed by atoms with E-state index in [-0.39, 0.29) is 5.56 Å². The van der Waals surface area contributed by atoms with Crippen LogP contribution in [0.15, 0.2) is 33.5 Å². The zero-order valence-electron chi connectivity index (χ0n) is 11.3. The van der Waals surface area contributed by atoms with Gasteiger partial charge in [-0.1, -0.05) is 28.1 Å². The Hall–Kier alpha value is -1.46. The second-order valence-corrected chi connectivity index (χ2v) is 7.32. The Morgan fingerprint density at radius 2 is 2.10 bits per heavy atom. The lowest BCUT2D eigenvalue weighted by atomic mass is 9.97. The van der Waals surface area contributed by atoms with Crippen molar-refractivity contribution >= 4 is 37.5 Å². The first-order valence-corrected chi connectivity index (χ1v) is 8.64. The summed E-state index contributed by atoms with van der Waals surface area (Å²) in [5, 5.41) is 0.813. The molecule has 0 radical (unpaired) electrons. The molecule has 106 valence electrons. The summed E-state index contributed by atoms with van der Waals surface area (Å²) in [6.45, 7) is 0. The zero-order chi connectivity index (χ0) is 14.4. The lowest BCUT2D eigenvalue weighted by molar-refractivity contribution is 0.700. The second-order valence-electron chi connectivity index (χ2n) is 5.32. The van der Waals surface area contributed by atoms with Crippen LogP contribution in [-0.4, -0.2) is 9.97 Å². The van der Waals surface area contributed by atoms with E-state index >= 15 is 0 Å². The molecule has 1 N–H and O–H groups in total. The quantitative estimate of drug-likeness (QED) is 0.703. The molecule has 0 unspecified atom stereocenters. The molecule has 2 heterocycles. The van der Waals surface area contributed by atoms with Crippen LogP contribution in [-0.2, 0) is 12.8 Å². The summed E-state index contributed by atoms with van der Waals surface area (Å²) in [6, 6.07) is 7.84. The summed E-state index contributed by atoms with van der Waals surface area (Å²) in [7, 11) is 0. The molecule has 0 saturated heterocycles. The van der Waals surface area contributed by atoms with Crippen LogP contribution in [0.4, 0.5) is 0 Å². The molecule has 1 aliphatic rings. The Bertz CT molecular complexity index is 897. The Balaban J connectivity index is 1.96. The monoisotopic (exact) mass is 360 g/mol. The topological polar surface area (TPSA) is 45.8 Å². The molecule has 1 aliphatic carbocycles. The SMILES string of the molecule is O=c1[nH]c(-c2cccc(Br)c2)nc2sc3c(c12)CCCC3. The van der Waals surface area contributed by atoms with Crippen LogP contribution < -0.4 is 5.56 Å². The molecule has 3 aromatic rings. The highest BCUT2D eigenvalue weighted by Gasteiger charge is 2.19. The third-order valence-electron chi connectivity index (χ3n) is 3.92. The van der Waals surface area contributed by atoms with Crippen molar-refractivity contribution in [3.63, 3.8) is 0 Å². The molecule has 0 saturated carbocycles. The van der Waals surface area contributed by atoms with Crippen LogP contribution in [0, 0.1) is 0 Å². The van der Waals surface area contributed by atoms with Crippen molar-refractivity contribution in [2.75, 3.05) is 0 Å². The van der Waals surface area contributed by atoms with Crippen LogP contribution in [0.25, 0.3) is 21.6 Å². The standard InChI is InChI=1S/C16H13BrN2OS/c17-10-5-3-4-9(8-10)14-18-15(20)13-11-6-1-2-7-12(11)21-16(13)19-14/h3-5,8H,1-2,6-7H2,(H,18,19,20). The third kappa shape index (κ3) is 2.24. The van der Waals surface area contributed by atoms with Gasteiger partial charge in [0, 0.05) is 14.9 Å². The number of rotatable bonds is 1. The second kappa shape index (κ2) is 5.07. The maximum atomic E-state index is 12.5. The molecule has 3 nitrogen and oxygen atoms in total. The van der Waals surface area contributed by atoms with Crippen molar-refractivity contribution in [1.29, 1.82) is 0 Å². The number of hydrogen-bond donors (Lipinski definition) is 1. The zero-order valence-corrected chi connectivity index (χ0v) is 13.7. The van der Waals surface area contributed by atoms with Crippen LogP contribution >= 0.6 is 27.3 Å². The summed E-state index contributed by atoms with van der Waals surface area (Å²) in [5.74, 6) is 0.646. The molecule has 0 atom stereocenters. The first kappa shape index (κ1) is 13.2. The fourth-order valence-corrected chi connectivity index (χ4v) is 4.60. The van der Waals surface area contributed by atoms with E-state index in [1.807, 2.05) is 24.3 Å². The van der Waals surface area contributed by atoms with E-state index in [4.69, 9.17) is 4.98 Å². The number of aromatic amines is 1. The summed E-state index contributed by atoms with van der Waals surface area (Å²) < 4.78 is 0.980. The van der Waals surface area contributed by atoms with Crippen molar-refractivity contribution in [3.05, 3.63) is 49.5 Å². The molecule has 2 aromatic heterocycles. The molecule has 0 spiro atoms. The number of hydrogen-bond acceptors (Lipinski definition) is 3. The molecule has 1 aromatic carbocycles. The van der Waals surface area contributed by atoms with Crippen LogP contribution in [0.3, 0.4) is 0 Å². The molecule has 0 amide bonds. The predicted molar refractivity (Wildman–Crippen MR) is 90.0 cm³/mol. The van der Waals surface area contributed by atoms with E-state index in [0.29, 0.717) is 5.82 Å². The van der Waals surface area contributed by atoms with Crippen molar-refractivity contribution in [3.8, 4) is 11.4 Å². The summed E-state index contributed by atoms with van der Waals surface area (Å²) in [6.07, 6.45) is 4.49. The molecular weight excluding hydrogens is 348 g/mol. The van der Waals surface area contributed by atoms with E-state index in [1.54, 1.807) is 11.3 Å². The van der Waals surface area contributed by atoms with E-state index in [1.165, 1.54) is 23.3 Å². The van der Waals surface area contributed by atoms with Crippen molar-refractivity contribution < 1.29 is 0 Å². The van der Waals surface area contributed by atoms with Gasteiger partial charge in [0.05, 0.1) is 5.39 Å². The number of halogens is 1. The van der Waals surface area contributed by atoms with Gasteiger partial charge in [0.2, 0.25) is 0 Å². The van der Waals surface area contributed by atoms with Gasteiger partial charge in [-0.05, 0) is 43.4 Å². The Labute approximate surface area is 134 Å². The molecule has 0 aliphatic heterocycles. The molecule has 5 heteroatoms. The number of benzene rings is 1. The number of aromatic nitrogens is 2.